The van der Waals surface area contributed by atoms with Crippen LogP contribution in [0.2, 0.25) is 0 Å². The van der Waals surface area contributed by atoms with E-state index in [9.17, 15) is 10.2 Å². The van der Waals surface area contributed by atoms with Crippen molar-refractivity contribution < 1.29 is 24.8 Å². The summed E-state index contributed by atoms with van der Waals surface area (Å²) in [6, 6.07) is 0. The SMILES string of the molecule is CCCCCCC/C=C/CCCCCO[C@H]1CO[C@@H]([C@H](O)CO)[C@H]1O. The molecule has 5 heteroatoms. The quantitative estimate of drug-likeness (QED) is 0.310. The van der Waals surface area contributed by atoms with Gasteiger partial charge >= 0.3 is 0 Å². The second kappa shape index (κ2) is 14.7. The van der Waals surface area contributed by atoms with Gasteiger partial charge in [-0.25, -0.2) is 0 Å². The summed E-state index contributed by atoms with van der Waals surface area (Å²) in [6.07, 6.45) is 13.7. The molecule has 0 aliphatic carbocycles. The number of hydrogen-bond acceptors (Lipinski definition) is 5. The lowest BCUT2D eigenvalue weighted by Gasteiger charge is -2.20. The van der Waals surface area contributed by atoms with Crippen LogP contribution in [0.5, 0.6) is 0 Å². The minimum absolute atomic E-state index is 0.268. The molecule has 0 aromatic rings. The molecule has 1 rings (SSSR count). The van der Waals surface area contributed by atoms with Crippen molar-refractivity contribution in [2.24, 2.45) is 0 Å². The Morgan fingerprint density at radius 3 is 2.32 bits per heavy atom. The first-order valence-corrected chi connectivity index (χ1v) is 10.1. The number of aliphatic hydroxyl groups is 3. The number of unbranched alkanes of at least 4 members (excludes halogenated alkanes) is 8. The minimum Gasteiger partial charge on any atom is -0.394 e. The molecule has 4 atom stereocenters. The van der Waals surface area contributed by atoms with Crippen LogP contribution in [-0.2, 0) is 9.47 Å². The van der Waals surface area contributed by atoms with Crippen LogP contribution in [0.1, 0.15) is 71.1 Å². The van der Waals surface area contributed by atoms with Gasteiger partial charge in [-0.05, 0) is 32.1 Å². The number of aliphatic hydroxyl groups excluding tert-OH is 3. The zero-order chi connectivity index (χ0) is 18.3. The van der Waals surface area contributed by atoms with Crippen LogP contribution in [0.15, 0.2) is 12.2 Å². The van der Waals surface area contributed by atoms with E-state index in [2.05, 4.69) is 19.1 Å². The Morgan fingerprint density at radius 2 is 1.68 bits per heavy atom. The third-order valence-corrected chi connectivity index (χ3v) is 4.72. The number of ether oxygens (including phenoxy) is 2. The van der Waals surface area contributed by atoms with E-state index >= 15 is 0 Å². The fraction of sp³-hybridized carbons (Fsp3) is 0.900. The van der Waals surface area contributed by atoms with Gasteiger partial charge in [0, 0.05) is 6.61 Å². The van der Waals surface area contributed by atoms with Gasteiger partial charge in [0.25, 0.3) is 0 Å². The highest BCUT2D eigenvalue weighted by atomic mass is 16.6. The number of hydrogen-bond donors (Lipinski definition) is 3. The topological polar surface area (TPSA) is 79.2 Å². The first kappa shape index (κ1) is 22.6. The lowest BCUT2D eigenvalue weighted by atomic mass is 10.1. The molecule has 1 saturated heterocycles. The summed E-state index contributed by atoms with van der Waals surface area (Å²) in [5.74, 6) is 0. The standard InChI is InChI=1S/C20H38O5/c1-2-3-4-5-6-7-8-9-10-11-12-13-14-24-18-16-25-20(19(18)23)17(22)15-21/h8-9,17-23H,2-7,10-16H2,1H3/b9-8+/t17-,18+,19+,20+/m1/s1. The smallest absolute Gasteiger partial charge is 0.114 e. The van der Waals surface area contributed by atoms with Gasteiger partial charge in [0.1, 0.15) is 24.4 Å². The second-order valence-electron chi connectivity index (χ2n) is 6.97. The molecule has 0 radical (unpaired) electrons. The molecule has 25 heavy (non-hydrogen) atoms. The Morgan fingerprint density at radius 1 is 1.04 bits per heavy atom. The molecule has 0 aromatic heterocycles. The molecule has 0 unspecified atom stereocenters. The highest BCUT2D eigenvalue weighted by Crippen LogP contribution is 2.20. The highest BCUT2D eigenvalue weighted by molar-refractivity contribution is 4.88. The molecule has 0 aromatic carbocycles. The van der Waals surface area contributed by atoms with Crippen LogP contribution in [0.3, 0.4) is 0 Å². The van der Waals surface area contributed by atoms with Crippen molar-refractivity contribution in [3.05, 3.63) is 12.2 Å². The van der Waals surface area contributed by atoms with Gasteiger partial charge < -0.3 is 24.8 Å². The van der Waals surface area contributed by atoms with Crippen molar-refractivity contribution in [3.8, 4) is 0 Å². The van der Waals surface area contributed by atoms with Gasteiger partial charge in [-0.2, -0.15) is 0 Å². The number of rotatable bonds is 15. The summed E-state index contributed by atoms with van der Waals surface area (Å²) < 4.78 is 10.9. The maximum atomic E-state index is 10.0. The first-order chi connectivity index (χ1) is 12.2. The third-order valence-electron chi connectivity index (χ3n) is 4.72. The highest BCUT2D eigenvalue weighted by Gasteiger charge is 2.40. The predicted molar refractivity (Wildman–Crippen MR) is 99.6 cm³/mol. The van der Waals surface area contributed by atoms with Crippen LogP contribution in [0.25, 0.3) is 0 Å². The molecule has 0 saturated carbocycles. The van der Waals surface area contributed by atoms with E-state index in [0.29, 0.717) is 6.61 Å². The molecule has 148 valence electrons. The molecule has 0 spiro atoms. The van der Waals surface area contributed by atoms with Gasteiger partial charge in [0.2, 0.25) is 0 Å². The summed E-state index contributed by atoms with van der Waals surface area (Å²) >= 11 is 0. The molecule has 1 heterocycles. The van der Waals surface area contributed by atoms with Gasteiger partial charge in [-0.15, -0.1) is 0 Å². The molecule has 1 aliphatic rings. The van der Waals surface area contributed by atoms with Crippen molar-refractivity contribution in [1.29, 1.82) is 0 Å². The van der Waals surface area contributed by atoms with E-state index in [1.165, 1.54) is 38.5 Å². The van der Waals surface area contributed by atoms with Gasteiger partial charge in [0.15, 0.2) is 0 Å². The molecule has 5 nitrogen and oxygen atoms in total. The lowest BCUT2D eigenvalue weighted by Crippen LogP contribution is -2.41. The molecule has 0 amide bonds. The van der Waals surface area contributed by atoms with Crippen LogP contribution < -0.4 is 0 Å². The van der Waals surface area contributed by atoms with E-state index < -0.39 is 31.0 Å². The van der Waals surface area contributed by atoms with Crippen molar-refractivity contribution in [2.75, 3.05) is 19.8 Å². The van der Waals surface area contributed by atoms with Crippen molar-refractivity contribution >= 4 is 0 Å². The molecule has 1 aliphatic heterocycles. The molecule has 1 fully saturated rings. The molecule has 3 N–H and O–H groups in total. The van der Waals surface area contributed by atoms with E-state index in [1.807, 2.05) is 0 Å². The monoisotopic (exact) mass is 358 g/mol. The zero-order valence-electron chi connectivity index (χ0n) is 15.8. The molecular formula is C20H38O5. The maximum absolute atomic E-state index is 10.0. The van der Waals surface area contributed by atoms with E-state index in [4.69, 9.17) is 14.6 Å². The van der Waals surface area contributed by atoms with Gasteiger partial charge in [0.05, 0.1) is 13.2 Å². The van der Waals surface area contributed by atoms with Crippen molar-refractivity contribution in [1.82, 2.24) is 0 Å². The Labute approximate surface area is 153 Å². The van der Waals surface area contributed by atoms with Gasteiger partial charge in [-0.3, -0.25) is 0 Å². The summed E-state index contributed by atoms with van der Waals surface area (Å²) in [7, 11) is 0. The maximum Gasteiger partial charge on any atom is 0.114 e. The van der Waals surface area contributed by atoms with Crippen LogP contribution >= 0.6 is 0 Å². The van der Waals surface area contributed by atoms with Crippen molar-refractivity contribution in [2.45, 2.75) is 95.5 Å². The lowest BCUT2D eigenvalue weighted by molar-refractivity contribution is -0.0730. The Bertz CT molecular complexity index is 334. The summed E-state index contributed by atoms with van der Waals surface area (Å²) in [4.78, 5) is 0. The Hall–Kier alpha value is -0.460. The first-order valence-electron chi connectivity index (χ1n) is 10.1. The zero-order valence-corrected chi connectivity index (χ0v) is 15.8. The Kier molecular flexibility index (Phi) is 13.3. The van der Waals surface area contributed by atoms with E-state index in [0.717, 1.165) is 25.7 Å². The minimum atomic E-state index is -1.05. The molecule has 0 bridgehead atoms. The summed E-state index contributed by atoms with van der Waals surface area (Å²) in [5, 5.41) is 28.5. The third kappa shape index (κ3) is 9.71. The fourth-order valence-electron chi connectivity index (χ4n) is 3.08. The fourth-order valence-corrected chi connectivity index (χ4v) is 3.08. The van der Waals surface area contributed by atoms with Crippen LogP contribution in [0.4, 0.5) is 0 Å². The largest absolute Gasteiger partial charge is 0.394 e. The van der Waals surface area contributed by atoms with E-state index in [1.54, 1.807) is 0 Å². The average Bonchev–Trinajstić information content (AvgIpc) is 2.99. The molecular weight excluding hydrogens is 320 g/mol. The van der Waals surface area contributed by atoms with Crippen LogP contribution in [0, 0.1) is 0 Å². The summed E-state index contributed by atoms with van der Waals surface area (Å²) in [6.45, 7) is 2.69. The van der Waals surface area contributed by atoms with Gasteiger partial charge in [-0.1, -0.05) is 51.2 Å². The predicted octanol–water partition coefficient (Wildman–Crippen LogP) is 2.96. The normalized spacial score (nSPS) is 25.0. The van der Waals surface area contributed by atoms with Crippen LogP contribution in [-0.4, -0.2) is 59.6 Å². The number of allylic oxidation sites excluding steroid dienone is 2. The summed E-state index contributed by atoms with van der Waals surface area (Å²) in [5.41, 5.74) is 0. The second-order valence-corrected chi connectivity index (χ2v) is 6.97. The van der Waals surface area contributed by atoms with Crippen molar-refractivity contribution in [3.63, 3.8) is 0 Å². The average molecular weight is 359 g/mol. The van der Waals surface area contributed by atoms with E-state index in [-0.39, 0.29) is 6.61 Å². The Balaban J connectivity index is 1.92.